The first-order chi connectivity index (χ1) is 8.33. The summed E-state index contributed by atoms with van der Waals surface area (Å²) in [6.45, 7) is 0.705. The molecule has 0 atom stereocenters. The van der Waals surface area contributed by atoms with Gasteiger partial charge in [0.05, 0.1) is 12.8 Å². The molecule has 1 aliphatic carbocycles. The van der Waals surface area contributed by atoms with E-state index in [2.05, 4.69) is 20.2 Å². The fourth-order valence-corrected chi connectivity index (χ4v) is 2.31. The first kappa shape index (κ1) is 10.3. The number of nitrogens with zero attached hydrogens (tertiary/aromatic N) is 3. The highest BCUT2D eigenvalue weighted by atomic mass is 16.5. The van der Waals surface area contributed by atoms with E-state index in [0.29, 0.717) is 24.1 Å². The van der Waals surface area contributed by atoms with Crippen molar-refractivity contribution in [3.8, 4) is 5.88 Å². The molecule has 0 spiro atoms. The third-order valence-corrected chi connectivity index (χ3v) is 3.22. The van der Waals surface area contributed by atoms with Crippen molar-refractivity contribution in [1.29, 1.82) is 0 Å². The molecule has 0 aliphatic heterocycles. The van der Waals surface area contributed by atoms with E-state index in [1.807, 2.05) is 0 Å². The van der Waals surface area contributed by atoms with Crippen LogP contribution in [0.25, 0.3) is 11.0 Å². The molecule has 2 aromatic heterocycles. The summed E-state index contributed by atoms with van der Waals surface area (Å²) in [5.74, 6) is 1.39. The maximum atomic E-state index is 5.75. The third kappa shape index (κ3) is 2.02. The van der Waals surface area contributed by atoms with Gasteiger partial charge in [0, 0.05) is 0 Å². The fraction of sp³-hybridized carbons (Fsp3) is 0.545. The second-order valence-electron chi connectivity index (χ2n) is 4.48. The van der Waals surface area contributed by atoms with Crippen LogP contribution in [0.1, 0.15) is 25.7 Å². The highest BCUT2D eigenvalue weighted by Crippen LogP contribution is 2.27. The van der Waals surface area contributed by atoms with Gasteiger partial charge < -0.3 is 10.5 Å². The summed E-state index contributed by atoms with van der Waals surface area (Å²) in [6.07, 6.45) is 6.77. The summed E-state index contributed by atoms with van der Waals surface area (Å²) in [6, 6.07) is 0. The number of nitrogens with two attached hydrogens (primary N) is 1. The van der Waals surface area contributed by atoms with Crippen LogP contribution in [-0.4, -0.2) is 26.8 Å². The normalized spacial score (nSPS) is 16.7. The van der Waals surface area contributed by atoms with Gasteiger partial charge in [0.1, 0.15) is 5.39 Å². The van der Waals surface area contributed by atoms with Crippen molar-refractivity contribution in [2.45, 2.75) is 25.7 Å². The Morgan fingerprint density at radius 2 is 2.18 bits per heavy atom. The standard InChI is InChI=1S/C11H15N5O/c12-11-14-9-8(5-13-16-9)10(15-11)17-6-7-3-1-2-4-7/h5,7H,1-4,6H2,(H3,12,13,14,15,16). The topological polar surface area (TPSA) is 89.7 Å². The molecule has 2 aromatic rings. The van der Waals surface area contributed by atoms with E-state index in [4.69, 9.17) is 10.5 Å². The molecule has 6 nitrogen and oxygen atoms in total. The zero-order valence-electron chi connectivity index (χ0n) is 9.52. The molecule has 1 saturated carbocycles. The van der Waals surface area contributed by atoms with Crippen LogP contribution in [0, 0.1) is 5.92 Å². The number of fused-ring (bicyclic) bond motifs is 1. The van der Waals surface area contributed by atoms with E-state index >= 15 is 0 Å². The number of nitrogen functional groups attached to an aromatic ring is 1. The van der Waals surface area contributed by atoms with E-state index < -0.39 is 0 Å². The maximum absolute atomic E-state index is 5.75. The predicted octanol–water partition coefficient (Wildman–Crippen LogP) is 1.50. The molecule has 6 heteroatoms. The number of hydrogen-bond acceptors (Lipinski definition) is 5. The minimum absolute atomic E-state index is 0.211. The number of H-pyrrole nitrogens is 1. The van der Waals surface area contributed by atoms with Crippen LogP contribution in [0.2, 0.25) is 0 Å². The Hall–Kier alpha value is -1.85. The van der Waals surface area contributed by atoms with Gasteiger partial charge in [-0.3, -0.25) is 5.10 Å². The number of nitrogens with one attached hydrogen (secondary N) is 1. The van der Waals surface area contributed by atoms with Gasteiger partial charge >= 0.3 is 0 Å². The Morgan fingerprint density at radius 3 is 3.00 bits per heavy atom. The van der Waals surface area contributed by atoms with E-state index in [1.54, 1.807) is 6.20 Å². The van der Waals surface area contributed by atoms with E-state index in [9.17, 15) is 0 Å². The number of anilines is 1. The van der Waals surface area contributed by atoms with Crippen LogP contribution in [0.3, 0.4) is 0 Å². The Balaban J connectivity index is 1.81. The van der Waals surface area contributed by atoms with E-state index in [-0.39, 0.29) is 5.95 Å². The van der Waals surface area contributed by atoms with Gasteiger partial charge in [0.15, 0.2) is 5.65 Å². The molecule has 90 valence electrons. The van der Waals surface area contributed by atoms with Gasteiger partial charge in [0.2, 0.25) is 11.8 Å². The molecule has 3 N–H and O–H groups in total. The molecule has 0 unspecified atom stereocenters. The Labute approximate surface area is 98.6 Å². The van der Waals surface area contributed by atoms with Gasteiger partial charge in [-0.2, -0.15) is 15.1 Å². The van der Waals surface area contributed by atoms with Crippen LogP contribution in [0.5, 0.6) is 5.88 Å². The number of aromatic nitrogens is 4. The summed E-state index contributed by atoms with van der Waals surface area (Å²) in [5.41, 5.74) is 6.24. The molecule has 0 amide bonds. The molecule has 0 saturated heterocycles. The first-order valence-corrected chi connectivity index (χ1v) is 5.92. The zero-order chi connectivity index (χ0) is 11.7. The zero-order valence-corrected chi connectivity index (χ0v) is 9.52. The first-order valence-electron chi connectivity index (χ1n) is 5.92. The smallest absolute Gasteiger partial charge is 0.229 e. The largest absolute Gasteiger partial charge is 0.477 e. The summed E-state index contributed by atoms with van der Waals surface area (Å²) >= 11 is 0. The van der Waals surface area contributed by atoms with E-state index in [1.165, 1.54) is 25.7 Å². The van der Waals surface area contributed by atoms with Crippen LogP contribution in [-0.2, 0) is 0 Å². The molecule has 2 heterocycles. The fourth-order valence-electron chi connectivity index (χ4n) is 2.31. The Bertz CT molecular complexity index is 518. The van der Waals surface area contributed by atoms with Crippen LogP contribution < -0.4 is 10.5 Å². The minimum atomic E-state index is 0.211. The van der Waals surface area contributed by atoms with Crippen molar-refractivity contribution < 1.29 is 4.74 Å². The molecule has 17 heavy (non-hydrogen) atoms. The quantitative estimate of drug-likeness (QED) is 0.838. The second-order valence-corrected chi connectivity index (χ2v) is 4.48. The lowest BCUT2D eigenvalue weighted by atomic mass is 10.1. The lowest BCUT2D eigenvalue weighted by Gasteiger charge is -2.11. The molecular formula is C11H15N5O. The Morgan fingerprint density at radius 1 is 1.35 bits per heavy atom. The average Bonchev–Trinajstić information content (AvgIpc) is 2.95. The van der Waals surface area contributed by atoms with Crippen LogP contribution >= 0.6 is 0 Å². The third-order valence-electron chi connectivity index (χ3n) is 3.22. The highest BCUT2D eigenvalue weighted by Gasteiger charge is 2.17. The lowest BCUT2D eigenvalue weighted by Crippen LogP contribution is -2.10. The monoisotopic (exact) mass is 233 g/mol. The van der Waals surface area contributed by atoms with Crippen molar-refractivity contribution in [1.82, 2.24) is 20.2 Å². The highest BCUT2D eigenvalue weighted by molar-refractivity contribution is 5.80. The number of aromatic amines is 1. The summed E-state index contributed by atoms with van der Waals surface area (Å²) in [7, 11) is 0. The summed E-state index contributed by atoms with van der Waals surface area (Å²) in [5, 5.41) is 7.48. The van der Waals surface area contributed by atoms with Crippen molar-refractivity contribution in [2.75, 3.05) is 12.3 Å². The maximum Gasteiger partial charge on any atom is 0.229 e. The number of ether oxygens (including phenoxy) is 1. The van der Waals surface area contributed by atoms with Crippen molar-refractivity contribution in [3.63, 3.8) is 0 Å². The van der Waals surface area contributed by atoms with Gasteiger partial charge in [-0.25, -0.2) is 0 Å². The Kier molecular flexibility index (Phi) is 2.55. The van der Waals surface area contributed by atoms with Gasteiger partial charge in [0.25, 0.3) is 0 Å². The lowest BCUT2D eigenvalue weighted by molar-refractivity contribution is 0.246. The predicted molar refractivity (Wildman–Crippen MR) is 63.5 cm³/mol. The van der Waals surface area contributed by atoms with Crippen LogP contribution in [0.4, 0.5) is 5.95 Å². The van der Waals surface area contributed by atoms with Crippen molar-refractivity contribution in [3.05, 3.63) is 6.20 Å². The SMILES string of the molecule is Nc1nc(OCC2CCCC2)c2cn[nH]c2n1. The molecule has 0 radical (unpaired) electrons. The molecule has 1 fully saturated rings. The number of hydrogen-bond donors (Lipinski definition) is 2. The average molecular weight is 233 g/mol. The molecular weight excluding hydrogens is 218 g/mol. The summed E-state index contributed by atoms with van der Waals surface area (Å²) < 4.78 is 5.75. The van der Waals surface area contributed by atoms with Gasteiger partial charge in [-0.1, -0.05) is 12.8 Å². The van der Waals surface area contributed by atoms with Gasteiger partial charge in [-0.15, -0.1) is 0 Å². The number of rotatable bonds is 3. The molecule has 0 aromatic carbocycles. The molecule has 0 bridgehead atoms. The van der Waals surface area contributed by atoms with Gasteiger partial charge in [-0.05, 0) is 18.8 Å². The molecule has 3 rings (SSSR count). The van der Waals surface area contributed by atoms with Crippen molar-refractivity contribution in [2.24, 2.45) is 5.92 Å². The van der Waals surface area contributed by atoms with E-state index in [0.717, 1.165) is 5.39 Å². The van der Waals surface area contributed by atoms with Crippen LogP contribution in [0.15, 0.2) is 6.20 Å². The summed E-state index contributed by atoms with van der Waals surface area (Å²) in [4.78, 5) is 8.16. The van der Waals surface area contributed by atoms with Crippen molar-refractivity contribution >= 4 is 17.0 Å². The second kappa shape index (κ2) is 4.20. The minimum Gasteiger partial charge on any atom is -0.477 e. The molecule has 1 aliphatic rings.